The lowest BCUT2D eigenvalue weighted by molar-refractivity contribution is 0.152. The third kappa shape index (κ3) is 3.10. The molecule has 1 atom stereocenters. The van der Waals surface area contributed by atoms with Crippen LogP contribution in [0, 0.1) is 0 Å². The number of benzene rings is 2. The van der Waals surface area contributed by atoms with E-state index < -0.39 is 6.23 Å². The van der Waals surface area contributed by atoms with Gasteiger partial charge in [-0.2, -0.15) is 4.99 Å². The zero-order valence-electron chi connectivity index (χ0n) is 13.2. The van der Waals surface area contributed by atoms with E-state index in [-0.39, 0.29) is 0 Å². The van der Waals surface area contributed by atoms with E-state index in [9.17, 15) is 5.11 Å². The van der Waals surface area contributed by atoms with Crippen molar-refractivity contribution >= 4 is 22.9 Å². The molecular weight excluding hydrogens is 290 g/mol. The molecule has 0 saturated carbocycles. The summed E-state index contributed by atoms with van der Waals surface area (Å²) in [4.78, 5) is 8.94. The molecular formula is C18H19N3O2. The fourth-order valence-corrected chi connectivity index (χ4v) is 2.51. The molecule has 0 saturated heterocycles. The van der Waals surface area contributed by atoms with E-state index in [1.807, 2.05) is 61.5 Å². The maximum Gasteiger partial charge on any atom is 0.236 e. The number of ether oxygens (including phenoxy) is 1. The van der Waals surface area contributed by atoms with Crippen LogP contribution in [0.15, 0.2) is 59.6 Å². The molecule has 1 N–H and O–H groups in total. The van der Waals surface area contributed by atoms with E-state index in [0.29, 0.717) is 18.5 Å². The summed E-state index contributed by atoms with van der Waals surface area (Å²) in [5.74, 6) is 0.942. The van der Waals surface area contributed by atoms with Crippen LogP contribution >= 0.6 is 0 Å². The Morgan fingerprint density at radius 1 is 1.17 bits per heavy atom. The van der Waals surface area contributed by atoms with Crippen molar-refractivity contribution in [2.45, 2.75) is 20.1 Å². The van der Waals surface area contributed by atoms with Gasteiger partial charge in [0.2, 0.25) is 5.95 Å². The lowest BCUT2D eigenvalue weighted by Crippen LogP contribution is -2.10. The number of imidazole rings is 1. The Hall–Kier alpha value is -2.66. The summed E-state index contributed by atoms with van der Waals surface area (Å²) in [5.41, 5.74) is 2.39. The fraction of sp³-hybridized carbons (Fsp3) is 0.222. The van der Waals surface area contributed by atoms with Crippen molar-refractivity contribution in [3.63, 3.8) is 0 Å². The summed E-state index contributed by atoms with van der Waals surface area (Å²) < 4.78 is 7.11. The number of rotatable bonds is 4. The molecule has 3 aromatic rings. The number of fused-ring (bicyclic) bond motifs is 1. The molecule has 0 radical (unpaired) electrons. The van der Waals surface area contributed by atoms with Crippen LogP contribution in [0.3, 0.4) is 0 Å². The Labute approximate surface area is 134 Å². The second-order valence-electron chi connectivity index (χ2n) is 5.12. The minimum Gasteiger partial charge on any atom is -0.481 e. The zero-order chi connectivity index (χ0) is 16.2. The van der Waals surface area contributed by atoms with Gasteiger partial charge < -0.3 is 9.84 Å². The van der Waals surface area contributed by atoms with Crippen molar-refractivity contribution in [3.8, 4) is 0 Å². The summed E-state index contributed by atoms with van der Waals surface area (Å²) in [7, 11) is 0. The van der Waals surface area contributed by atoms with Gasteiger partial charge in [-0.05, 0) is 19.1 Å². The van der Waals surface area contributed by atoms with Gasteiger partial charge in [-0.3, -0.25) is 4.57 Å². The quantitative estimate of drug-likeness (QED) is 0.591. The van der Waals surface area contributed by atoms with E-state index in [1.165, 1.54) is 0 Å². The van der Waals surface area contributed by atoms with Crippen LogP contribution in [-0.4, -0.2) is 27.2 Å². The van der Waals surface area contributed by atoms with Gasteiger partial charge in [0.05, 0.1) is 17.6 Å². The van der Waals surface area contributed by atoms with Crippen LogP contribution in [0.25, 0.3) is 11.0 Å². The van der Waals surface area contributed by atoms with Crippen molar-refractivity contribution in [3.05, 3.63) is 60.2 Å². The normalized spacial score (nSPS) is 13.3. The molecule has 0 aliphatic rings. The number of aliphatic hydroxyl groups excluding tert-OH is 1. The van der Waals surface area contributed by atoms with Crippen molar-refractivity contribution in [2.75, 3.05) is 6.61 Å². The predicted octanol–water partition coefficient (Wildman–Crippen LogP) is 3.66. The second kappa shape index (κ2) is 6.62. The van der Waals surface area contributed by atoms with Gasteiger partial charge >= 0.3 is 0 Å². The van der Waals surface area contributed by atoms with Gasteiger partial charge in [0.25, 0.3) is 0 Å². The molecule has 2 aromatic carbocycles. The molecule has 1 heterocycles. The van der Waals surface area contributed by atoms with Gasteiger partial charge in [-0.1, -0.05) is 42.5 Å². The van der Waals surface area contributed by atoms with Crippen molar-refractivity contribution in [1.82, 2.24) is 9.55 Å². The SMILES string of the molecule is CCO/C(C)=N/c1nc2ccccc2n1C(O)c1ccccc1. The first-order chi connectivity index (χ1) is 11.2. The van der Waals surface area contributed by atoms with Crippen molar-refractivity contribution in [1.29, 1.82) is 0 Å². The van der Waals surface area contributed by atoms with Gasteiger partial charge in [-0.15, -0.1) is 0 Å². The topological polar surface area (TPSA) is 59.6 Å². The minimum atomic E-state index is -0.864. The van der Waals surface area contributed by atoms with E-state index >= 15 is 0 Å². The second-order valence-corrected chi connectivity index (χ2v) is 5.12. The van der Waals surface area contributed by atoms with Crippen molar-refractivity contribution in [2.24, 2.45) is 4.99 Å². The number of para-hydroxylation sites is 2. The molecule has 5 nitrogen and oxygen atoms in total. The first kappa shape index (κ1) is 15.2. The maximum absolute atomic E-state index is 10.8. The fourth-order valence-electron chi connectivity index (χ4n) is 2.51. The predicted molar refractivity (Wildman–Crippen MR) is 90.9 cm³/mol. The van der Waals surface area contributed by atoms with Gasteiger partial charge in [0.15, 0.2) is 12.1 Å². The third-order valence-electron chi connectivity index (χ3n) is 3.53. The number of aromatic nitrogens is 2. The average Bonchev–Trinajstić information content (AvgIpc) is 2.93. The first-order valence-corrected chi connectivity index (χ1v) is 7.58. The highest BCUT2D eigenvalue weighted by Gasteiger charge is 2.18. The standard InChI is InChI=1S/C18H19N3O2/c1-3-23-13(2)19-18-20-15-11-7-8-12-16(15)21(18)17(22)14-9-5-4-6-10-14/h4-12,17,22H,3H2,1-2H3/b19-13+. The molecule has 0 fully saturated rings. The molecule has 3 rings (SSSR count). The van der Waals surface area contributed by atoms with Crippen LogP contribution in [0.1, 0.15) is 25.6 Å². The number of aliphatic hydroxyl groups is 1. The van der Waals surface area contributed by atoms with Crippen LogP contribution in [0.4, 0.5) is 5.95 Å². The van der Waals surface area contributed by atoms with Gasteiger partial charge in [0, 0.05) is 12.5 Å². The molecule has 0 bridgehead atoms. The number of hydrogen-bond acceptors (Lipinski definition) is 4. The van der Waals surface area contributed by atoms with Crippen LogP contribution in [-0.2, 0) is 4.74 Å². The van der Waals surface area contributed by atoms with E-state index in [0.717, 1.165) is 16.6 Å². The van der Waals surface area contributed by atoms with E-state index in [1.54, 1.807) is 11.5 Å². The first-order valence-electron chi connectivity index (χ1n) is 7.58. The summed E-state index contributed by atoms with van der Waals surface area (Å²) in [5, 5.41) is 10.8. The lowest BCUT2D eigenvalue weighted by Gasteiger charge is -2.15. The Kier molecular flexibility index (Phi) is 4.39. The molecule has 0 aliphatic heterocycles. The van der Waals surface area contributed by atoms with Crippen LogP contribution < -0.4 is 0 Å². The molecule has 1 unspecified atom stereocenters. The van der Waals surface area contributed by atoms with Crippen molar-refractivity contribution < 1.29 is 9.84 Å². The summed E-state index contributed by atoms with van der Waals surface area (Å²) in [6.07, 6.45) is -0.864. The average molecular weight is 309 g/mol. The molecule has 5 heteroatoms. The zero-order valence-corrected chi connectivity index (χ0v) is 13.2. The minimum absolute atomic E-state index is 0.425. The largest absolute Gasteiger partial charge is 0.481 e. The van der Waals surface area contributed by atoms with E-state index in [4.69, 9.17) is 4.74 Å². The highest BCUT2D eigenvalue weighted by atomic mass is 16.5. The molecule has 118 valence electrons. The van der Waals surface area contributed by atoms with Crippen LogP contribution in [0.2, 0.25) is 0 Å². The molecule has 0 amide bonds. The molecule has 23 heavy (non-hydrogen) atoms. The Morgan fingerprint density at radius 2 is 1.87 bits per heavy atom. The lowest BCUT2D eigenvalue weighted by atomic mass is 10.2. The Morgan fingerprint density at radius 3 is 2.61 bits per heavy atom. The maximum atomic E-state index is 10.8. The third-order valence-corrected chi connectivity index (χ3v) is 3.53. The van der Waals surface area contributed by atoms with E-state index in [2.05, 4.69) is 9.98 Å². The molecule has 0 spiro atoms. The summed E-state index contributed by atoms with van der Waals surface area (Å²) in [6.45, 7) is 4.22. The smallest absolute Gasteiger partial charge is 0.236 e. The Bertz CT molecular complexity index is 825. The summed E-state index contributed by atoms with van der Waals surface area (Å²) in [6, 6.07) is 17.1. The highest BCUT2D eigenvalue weighted by molar-refractivity contribution is 5.81. The van der Waals surface area contributed by atoms with Gasteiger partial charge in [0.1, 0.15) is 0 Å². The monoisotopic (exact) mass is 309 g/mol. The number of aliphatic imine (C=N–C) groups is 1. The van der Waals surface area contributed by atoms with Crippen LogP contribution in [0.5, 0.6) is 0 Å². The highest BCUT2D eigenvalue weighted by Crippen LogP contribution is 2.28. The number of nitrogens with zero attached hydrogens (tertiary/aromatic N) is 3. The Balaban J connectivity index is 2.15. The summed E-state index contributed by atoms with van der Waals surface area (Å²) >= 11 is 0. The number of hydrogen-bond donors (Lipinski definition) is 1. The molecule has 1 aromatic heterocycles. The van der Waals surface area contributed by atoms with Gasteiger partial charge in [-0.25, -0.2) is 4.98 Å². The molecule has 0 aliphatic carbocycles.